The summed E-state index contributed by atoms with van der Waals surface area (Å²) in [6.07, 6.45) is 4.76. The Hall–Kier alpha value is -10.6. The molecule has 6 bridgehead atoms. The minimum absolute atomic E-state index is 0.0216. The zero-order valence-electron chi connectivity index (χ0n) is 51.1. The number of benzene rings is 3. The number of carbonyl (C=O) groups is 3. The number of para-hydroxylation sites is 1. The van der Waals surface area contributed by atoms with Gasteiger partial charge in [-0.1, -0.05) is 18.2 Å². The quantitative estimate of drug-likeness (QED) is 0.103. The lowest BCUT2D eigenvalue weighted by Crippen LogP contribution is -2.40. The average molecular weight is 1350 g/mol. The van der Waals surface area contributed by atoms with E-state index in [9.17, 15) is 58.3 Å². The van der Waals surface area contributed by atoms with Crippen LogP contribution in [0.4, 0.5) is 43.9 Å². The van der Waals surface area contributed by atoms with Crippen LogP contribution in [-0.2, 0) is 18.5 Å². The molecule has 502 valence electrons. The molecule has 9 unspecified atom stereocenters. The summed E-state index contributed by atoms with van der Waals surface area (Å²) in [7, 11) is 0. The van der Waals surface area contributed by atoms with E-state index in [0.717, 1.165) is 43.2 Å². The van der Waals surface area contributed by atoms with Gasteiger partial charge < -0.3 is 28.9 Å². The number of rotatable bonds is 12. The fraction of sp³-hybridized carbons (Fsp3) is 0.359. The first kappa shape index (κ1) is 65.1. The fourth-order valence-corrected chi connectivity index (χ4v) is 13.6. The number of nitrogens with zero attached hydrogens (tertiary/aromatic N) is 17. The van der Waals surface area contributed by atoms with Crippen molar-refractivity contribution in [2.75, 3.05) is 0 Å². The SMILES string of the molecule is Cc1ccc(C(=O)N2C3CCC2C(Oc2ncc(C(F)(F)F)cn2)C3)c(-n2nccn2)c1.Cc1cccc(C(=O)N2C3CCC2C(Oc2ncc(C(F)(F)F)cn2)C3)c1-n1nccn1.O=C(c1cc(F)ccc1-c1ncccn1)N1C2CCC1C(Oc1ncc(C(F)(F)F)cn1)C2. The third-order valence-corrected chi connectivity index (χ3v) is 17.9. The number of hydrogen-bond acceptors (Lipinski definition) is 18. The van der Waals surface area contributed by atoms with Crippen molar-refractivity contribution in [2.24, 2.45) is 0 Å². The number of ether oxygens (including phenoxy) is 3. The molecule has 0 radical (unpaired) electrons. The van der Waals surface area contributed by atoms with Crippen molar-refractivity contribution in [3.8, 4) is 40.8 Å². The van der Waals surface area contributed by atoms with Crippen LogP contribution in [0, 0.1) is 19.7 Å². The maximum Gasteiger partial charge on any atom is 0.419 e. The lowest BCUT2D eigenvalue weighted by Gasteiger charge is -2.25. The molecule has 6 aliphatic rings. The molecule has 0 saturated carbocycles. The summed E-state index contributed by atoms with van der Waals surface area (Å²) in [6.45, 7) is 3.82. The Morgan fingerprint density at radius 2 is 0.856 bits per heavy atom. The van der Waals surface area contributed by atoms with Gasteiger partial charge in [0.1, 0.15) is 29.8 Å². The molecule has 0 spiro atoms. The number of amides is 3. The van der Waals surface area contributed by atoms with E-state index >= 15 is 0 Å². The number of carbonyl (C=O) groups excluding carboxylic acids is 3. The van der Waals surface area contributed by atoms with Gasteiger partial charge in [0.25, 0.3) is 17.7 Å². The normalized spacial score (nSPS) is 22.2. The van der Waals surface area contributed by atoms with Crippen LogP contribution in [0.25, 0.3) is 22.8 Å². The van der Waals surface area contributed by atoms with Crippen LogP contribution in [0.5, 0.6) is 18.0 Å². The Morgan fingerprint density at radius 1 is 0.443 bits per heavy atom. The lowest BCUT2D eigenvalue weighted by atomic mass is 9.98. The predicted molar refractivity (Wildman–Crippen MR) is 317 cm³/mol. The Balaban J connectivity index is 0.000000131. The predicted octanol–water partition coefficient (Wildman–Crippen LogP) is 10.3. The summed E-state index contributed by atoms with van der Waals surface area (Å²) < 4.78 is 146. The van der Waals surface area contributed by atoms with E-state index < -0.39 is 47.1 Å². The highest BCUT2D eigenvalue weighted by Crippen LogP contribution is 2.45. The monoisotopic (exact) mass is 1350 g/mol. The second-order valence-electron chi connectivity index (χ2n) is 23.9. The van der Waals surface area contributed by atoms with Crippen molar-refractivity contribution in [3.63, 3.8) is 0 Å². The van der Waals surface area contributed by atoms with Crippen molar-refractivity contribution >= 4 is 17.7 Å². The average Bonchev–Trinajstić information content (AvgIpc) is 1.63. The highest BCUT2D eigenvalue weighted by molar-refractivity contribution is 6.01. The first-order chi connectivity index (χ1) is 46.4. The molecule has 6 aromatic heterocycles. The minimum atomic E-state index is -4.54. The summed E-state index contributed by atoms with van der Waals surface area (Å²) >= 11 is 0. The van der Waals surface area contributed by atoms with Gasteiger partial charge in [0.15, 0.2) is 5.82 Å². The molecule has 33 heteroatoms. The molecule has 6 fully saturated rings. The van der Waals surface area contributed by atoms with E-state index in [1.54, 1.807) is 47.9 Å². The zero-order valence-corrected chi connectivity index (χ0v) is 51.1. The number of alkyl halides is 9. The topological polar surface area (TPSA) is 253 Å². The van der Waals surface area contributed by atoms with Gasteiger partial charge in [-0.25, -0.2) is 44.3 Å². The van der Waals surface area contributed by atoms with Crippen molar-refractivity contribution in [1.82, 2.24) is 84.6 Å². The van der Waals surface area contributed by atoms with Crippen LogP contribution < -0.4 is 14.2 Å². The smallest absolute Gasteiger partial charge is 0.419 e. The van der Waals surface area contributed by atoms with E-state index in [0.29, 0.717) is 96.8 Å². The Bertz CT molecular complexity index is 4310. The standard InChI is InChI=1S/C22H17F4N5O2.2C21H19F3N6O2/c23-13-2-4-15(19-27-6-1-7-28-19)16(8-13)20(32)31-14-3-5-17(31)18(9-14)33-21-29-10-12(11-30-21)22(24,25)26;1-12-2-4-15(17(8-12)30-27-6-7-28-30)19(31)29-14-3-5-16(29)18(9-14)32-20-25-10-13(11-26-20)21(22,23)24;1-12-3-2-4-15(18(12)30-27-7-8-28-30)19(31)29-14-5-6-16(29)17(9-14)32-20-25-10-13(11-26-20)21(22,23)24/h1-2,4,6-8,10-11,14,17-18H,3,5,9H2;2,4,6-8,10-11,14,16,18H,3,5,9H2,1H3;2-4,7-8,10-11,14,16-17H,5-6,9H2,1H3. The third-order valence-electron chi connectivity index (χ3n) is 17.9. The molecule has 3 amide bonds. The molecule has 97 heavy (non-hydrogen) atoms. The highest BCUT2D eigenvalue weighted by Gasteiger charge is 2.54. The van der Waals surface area contributed by atoms with Gasteiger partial charge >= 0.3 is 36.6 Å². The highest BCUT2D eigenvalue weighted by atomic mass is 19.4. The Kier molecular flexibility index (Phi) is 17.6. The summed E-state index contributed by atoms with van der Waals surface area (Å²) in [4.78, 5) is 79.2. The number of halogens is 10. The largest absolute Gasteiger partial charge is 0.458 e. The van der Waals surface area contributed by atoms with Gasteiger partial charge in [0.2, 0.25) is 0 Å². The number of hydrogen-bond donors (Lipinski definition) is 0. The van der Waals surface area contributed by atoms with Gasteiger partial charge in [-0.05, 0) is 106 Å². The molecular weight excluding hydrogens is 1290 g/mol. The summed E-state index contributed by atoms with van der Waals surface area (Å²) in [5.74, 6) is -0.921. The summed E-state index contributed by atoms with van der Waals surface area (Å²) in [5.41, 5.74) is 1.74. The van der Waals surface area contributed by atoms with E-state index in [4.69, 9.17) is 14.2 Å². The third kappa shape index (κ3) is 13.4. The maximum absolute atomic E-state index is 14.1. The molecule has 15 rings (SSSR count). The molecule has 6 aliphatic heterocycles. The van der Waals surface area contributed by atoms with Crippen molar-refractivity contribution < 1.29 is 72.5 Å². The maximum atomic E-state index is 14.1. The van der Waals surface area contributed by atoms with Gasteiger partial charge in [-0.15, -0.1) is 0 Å². The van der Waals surface area contributed by atoms with Crippen LogP contribution >= 0.6 is 0 Å². The first-order valence-corrected chi connectivity index (χ1v) is 30.6. The summed E-state index contributed by atoms with van der Waals surface area (Å²) in [5, 5.41) is 16.7. The Morgan fingerprint density at radius 3 is 1.29 bits per heavy atom. The second kappa shape index (κ2) is 26.2. The minimum Gasteiger partial charge on any atom is -0.458 e. The van der Waals surface area contributed by atoms with E-state index in [2.05, 4.69) is 60.3 Å². The van der Waals surface area contributed by atoms with E-state index in [-0.39, 0.29) is 89.8 Å². The van der Waals surface area contributed by atoms with Crippen molar-refractivity contribution in [1.29, 1.82) is 0 Å². The van der Waals surface area contributed by atoms with Gasteiger partial charge in [-0.2, -0.15) is 69.5 Å². The van der Waals surface area contributed by atoms with Crippen LogP contribution in [0.2, 0.25) is 0 Å². The van der Waals surface area contributed by atoms with Crippen LogP contribution in [0.15, 0.2) is 135 Å². The van der Waals surface area contributed by atoms with E-state index in [1.165, 1.54) is 40.2 Å². The molecule has 23 nitrogen and oxygen atoms in total. The molecule has 6 saturated heterocycles. The van der Waals surface area contributed by atoms with Gasteiger partial charge in [0.05, 0.1) is 82.0 Å². The molecule has 9 atom stereocenters. The molecule has 3 aromatic carbocycles. The number of aryl methyl sites for hydroxylation is 2. The molecule has 0 N–H and O–H groups in total. The summed E-state index contributed by atoms with van der Waals surface area (Å²) in [6, 6.07) is 15.1. The molecular formula is C64H55F10N17O6. The lowest BCUT2D eigenvalue weighted by molar-refractivity contribution is -0.139. The van der Waals surface area contributed by atoms with Crippen LogP contribution in [-0.4, -0.2) is 157 Å². The molecule has 12 heterocycles. The number of aromatic nitrogens is 14. The zero-order chi connectivity index (χ0) is 68.1. The number of fused-ring (bicyclic) bond motifs is 6. The van der Waals surface area contributed by atoms with Crippen molar-refractivity contribution in [3.05, 3.63) is 185 Å². The molecule has 0 aliphatic carbocycles. The second-order valence-corrected chi connectivity index (χ2v) is 23.9. The van der Waals surface area contributed by atoms with E-state index in [1.807, 2.05) is 47.9 Å². The van der Waals surface area contributed by atoms with Gasteiger partial charge in [-0.3, -0.25) is 14.4 Å². The van der Waals surface area contributed by atoms with Crippen LogP contribution in [0.1, 0.15) is 117 Å². The Labute approximate surface area is 543 Å². The fourth-order valence-electron chi connectivity index (χ4n) is 13.6. The van der Waals surface area contributed by atoms with Crippen LogP contribution in [0.3, 0.4) is 0 Å². The molecule has 9 aromatic rings. The van der Waals surface area contributed by atoms with Crippen molar-refractivity contribution in [2.45, 2.75) is 145 Å². The first-order valence-electron chi connectivity index (χ1n) is 30.6. The van der Waals surface area contributed by atoms with Gasteiger partial charge in [0, 0.05) is 92.5 Å².